The highest BCUT2D eigenvalue weighted by molar-refractivity contribution is 5.75. The summed E-state index contributed by atoms with van der Waals surface area (Å²) in [6.45, 7) is 3.31. The van der Waals surface area contributed by atoms with Gasteiger partial charge < -0.3 is 11.1 Å². The van der Waals surface area contributed by atoms with Crippen LogP contribution in [0.3, 0.4) is 0 Å². The lowest BCUT2D eigenvalue weighted by Crippen LogP contribution is -2.23. The van der Waals surface area contributed by atoms with Crippen LogP contribution in [-0.4, -0.2) is 12.5 Å². The molecular weight excluding hydrogens is 200 g/mol. The topological polar surface area (TPSA) is 55.1 Å². The number of hydrogen-bond donors (Lipinski definition) is 2. The molecular formula is C13H20N2O. The van der Waals surface area contributed by atoms with Gasteiger partial charge in [0.25, 0.3) is 0 Å². The summed E-state index contributed by atoms with van der Waals surface area (Å²) in [5.41, 5.74) is 6.62. The minimum absolute atomic E-state index is 0.101. The Balaban J connectivity index is 2.20. The quantitative estimate of drug-likeness (QED) is 0.766. The molecule has 1 atom stereocenters. The van der Waals surface area contributed by atoms with Gasteiger partial charge in [0.05, 0.1) is 0 Å². The minimum atomic E-state index is 0.101. The highest BCUT2D eigenvalue weighted by Crippen LogP contribution is 2.03. The van der Waals surface area contributed by atoms with Gasteiger partial charge in [-0.1, -0.05) is 37.3 Å². The monoisotopic (exact) mass is 220 g/mol. The zero-order valence-electron chi connectivity index (χ0n) is 9.78. The summed E-state index contributed by atoms with van der Waals surface area (Å²) in [5.74, 6) is 0.520. The van der Waals surface area contributed by atoms with Crippen molar-refractivity contribution in [1.29, 1.82) is 0 Å². The summed E-state index contributed by atoms with van der Waals surface area (Å²) in [6, 6.07) is 9.91. The van der Waals surface area contributed by atoms with Crippen LogP contribution in [0.25, 0.3) is 0 Å². The summed E-state index contributed by atoms with van der Waals surface area (Å²) in [7, 11) is 0. The average Bonchev–Trinajstić information content (AvgIpc) is 2.34. The normalized spacial score (nSPS) is 12.1. The maximum absolute atomic E-state index is 11.5. The largest absolute Gasteiger partial charge is 0.352 e. The number of nitrogens with two attached hydrogens (primary N) is 1. The van der Waals surface area contributed by atoms with E-state index in [0.717, 1.165) is 12.0 Å². The highest BCUT2D eigenvalue weighted by atomic mass is 16.1. The van der Waals surface area contributed by atoms with E-state index in [4.69, 9.17) is 5.73 Å². The Hall–Kier alpha value is -1.35. The molecule has 1 unspecified atom stereocenters. The lowest BCUT2D eigenvalue weighted by molar-refractivity contribution is -0.121. The van der Waals surface area contributed by atoms with Crippen molar-refractivity contribution in [2.75, 3.05) is 6.54 Å². The van der Waals surface area contributed by atoms with Crippen LogP contribution in [0.1, 0.15) is 25.3 Å². The molecule has 3 nitrogen and oxygen atoms in total. The predicted octanol–water partition coefficient (Wildman–Crippen LogP) is 1.68. The zero-order valence-corrected chi connectivity index (χ0v) is 9.78. The van der Waals surface area contributed by atoms with Gasteiger partial charge in [0, 0.05) is 13.0 Å². The van der Waals surface area contributed by atoms with Crippen LogP contribution in [0.5, 0.6) is 0 Å². The highest BCUT2D eigenvalue weighted by Gasteiger charge is 2.04. The first-order valence-electron chi connectivity index (χ1n) is 5.73. The Bertz CT molecular complexity index is 311. The zero-order chi connectivity index (χ0) is 11.8. The summed E-state index contributed by atoms with van der Waals surface area (Å²) < 4.78 is 0. The number of hydrogen-bond acceptors (Lipinski definition) is 2. The van der Waals surface area contributed by atoms with Crippen LogP contribution in [-0.2, 0) is 11.3 Å². The molecule has 0 saturated carbocycles. The van der Waals surface area contributed by atoms with Crippen molar-refractivity contribution in [3.8, 4) is 0 Å². The molecule has 1 rings (SSSR count). The third-order valence-corrected chi connectivity index (χ3v) is 2.60. The van der Waals surface area contributed by atoms with Gasteiger partial charge in [0.1, 0.15) is 0 Å². The molecule has 1 aromatic carbocycles. The molecule has 1 amide bonds. The minimum Gasteiger partial charge on any atom is -0.352 e. The Morgan fingerprint density at radius 1 is 1.38 bits per heavy atom. The Morgan fingerprint density at radius 3 is 2.69 bits per heavy atom. The smallest absolute Gasteiger partial charge is 0.220 e. The number of nitrogens with one attached hydrogen (secondary N) is 1. The van der Waals surface area contributed by atoms with Crippen molar-refractivity contribution in [2.24, 2.45) is 11.7 Å². The van der Waals surface area contributed by atoms with E-state index in [0.29, 0.717) is 25.4 Å². The second-order valence-corrected chi connectivity index (χ2v) is 4.14. The fraction of sp³-hybridized carbons (Fsp3) is 0.462. The Morgan fingerprint density at radius 2 is 2.06 bits per heavy atom. The first-order chi connectivity index (χ1) is 7.72. The van der Waals surface area contributed by atoms with E-state index < -0.39 is 0 Å². The maximum Gasteiger partial charge on any atom is 0.220 e. The maximum atomic E-state index is 11.5. The van der Waals surface area contributed by atoms with Crippen molar-refractivity contribution in [2.45, 2.75) is 26.3 Å². The number of benzene rings is 1. The van der Waals surface area contributed by atoms with Crippen molar-refractivity contribution in [3.63, 3.8) is 0 Å². The van der Waals surface area contributed by atoms with Crippen LogP contribution in [0.15, 0.2) is 30.3 Å². The molecule has 0 aliphatic rings. The van der Waals surface area contributed by atoms with Crippen LogP contribution >= 0.6 is 0 Å². The first kappa shape index (κ1) is 12.7. The molecule has 1 aromatic rings. The summed E-state index contributed by atoms with van der Waals surface area (Å²) in [5, 5.41) is 2.90. The fourth-order valence-corrected chi connectivity index (χ4v) is 1.38. The van der Waals surface area contributed by atoms with Gasteiger partial charge in [-0.25, -0.2) is 0 Å². The molecule has 0 fully saturated rings. The molecule has 0 saturated heterocycles. The molecule has 0 aliphatic heterocycles. The SMILES string of the molecule is CC(CN)CCC(=O)NCc1ccccc1. The lowest BCUT2D eigenvalue weighted by atomic mass is 10.1. The summed E-state index contributed by atoms with van der Waals surface area (Å²) in [4.78, 5) is 11.5. The molecule has 0 aliphatic carbocycles. The molecule has 0 spiro atoms. The average molecular weight is 220 g/mol. The van der Waals surface area contributed by atoms with Gasteiger partial charge >= 0.3 is 0 Å². The summed E-state index contributed by atoms with van der Waals surface area (Å²) >= 11 is 0. The van der Waals surface area contributed by atoms with E-state index >= 15 is 0 Å². The third kappa shape index (κ3) is 4.94. The second kappa shape index (κ2) is 7.01. The molecule has 3 N–H and O–H groups in total. The van der Waals surface area contributed by atoms with E-state index in [1.54, 1.807) is 0 Å². The van der Waals surface area contributed by atoms with E-state index in [-0.39, 0.29) is 5.91 Å². The van der Waals surface area contributed by atoms with Gasteiger partial charge in [-0.3, -0.25) is 4.79 Å². The first-order valence-corrected chi connectivity index (χ1v) is 5.73. The van der Waals surface area contributed by atoms with Gasteiger partial charge in [0.2, 0.25) is 5.91 Å². The van der Waals surface area contributed by atoms with Crippen molar-refractivity contribution >= 4 is 5.91 Å². The van der Waals surface area contributed by atoms with Crippen LogP contribution in [0.2, 0.25) is 0 Å². The second-order valence-electron chi connectivity index (χ2n) is 4.14. The number of rotatable bonds is 6. The van der Waals surface area contributed by atoms with Crippen LogP contribution < -0.4 is 11.1 Å². The third-order valence-electron chi connectivity index (χ3n) is 2.60. The molecule has 0 aromatic heterocycles. The van der Waals surface area contributed by atoms with E-state index in [2.05, 4.69) is 12.2 Å². The molecule has 0 heterocycles. The molecule has 0 bridgehead atoms. The lowest BCUT2D eigenvalue weighted by Gasteiger charge is -2.08. The van der Waals surface area contributed by atoms with Gasteiger partial charge in [-0.15, -0.1) is 0 Å². The van der Waals surface area contributed by atoms with E-state index in [1.807, 2.05) is 30.3 Å². The number of carbonyl (C=O) groups excluding carboxylic acids is 1. The summed E-state index contributed by atoms with van der Waals surface area (Å²) in [6.07, 6.45) is 1.42. The van der Waals surface area contributed by atoms with E-state index in [1.165, 1.54) is 0 Å². The van der Waals surface area contributed by atoms with Crippen molar-refractivity contribution < 1.29 is 4.79 Å². The fourth-order valence-electron chi connectivity index (χ4n) is 1.38. The van der Waals surface area contributed by atoms with Crippen LogP contribution in [0, 0.1) is 5.92 Å². The molecule has 88 valence electrons. The molecule has 16 heavy (non-hydrogen) atoms. The van der Waals surface area contributed by atoms with Gasteiger partial charge in [-0.2, -0.15) is 0 Å². The predicted molar refractivity (Wildman–Crippen MR) is 65.7 cm³/mol. The van der Waals surface area contributed by atoms with Crippen LogP contribution in [0.4, 0.5) is 0 Å². The standard InChI is InChI=1S/C13H20N2O/c1-11(9-14)7-8-13(16)15-10-12-5-3-2-4-6-12/h2-6,11H,7-10,14H2,1H3,(H,15,16). The van der Waals surface area contributed by atoms with Crippen molar-refractivity contribution in [3.05, 3.63) is 35.9 Å². The number of carbonyl (C=O) groups is 1. The Labute approximate surface area is 97.0 Å². The molecule has 3 heteroatoms. The Kier molecular flexibility index (Phi) is 5.57. The van der Waals surface area contributed by atoms with E-state index in [9.17, 15) is 4.79 Å². The van der Waals surface area contributed by atoms with Gasteiger partial charge in [-0.05, 0) is 24.4 Å². The number of amides is 1. The molecule has 0 radical (unpaired) electrons. The van der Waals surface area contributed by atoms with Gasteiger partial charge in [0.15, 0.2) is 0 Å². The van der Waals surface area contributed by atoms with Crippen molar-refractivity contribution in [1.82, 2.24) is 5.32 Å².